The van der Waals surface area contributed by atoms with Crippen molar-refractivity contribution in [2.75, 3.05) is 19.6 Å². The molecular weight excluding hydrogens is 364 g/mol. The van der Waals surface area contributed by atoms with Gasteiger partial charge < -0.3 is 9.80 Å². The van der Waals surface area contributed by atoms with Crippen LogP contribution >= 0.6 is 11.3 Å². The van der Waals surface area contributed by atoms with Crippen molar-refractivity contribution in [1.29, 1.82) is 0 Å². The van der Waals surface area contributed by atoms with Crippen molar-refractivity contribution in [1.82, 2.24) is 29.5 Å². The number of hydrogen-bond acceptors (Lipinski definition) is 6. The zero-order chi connectivity index (χ0) is 19.0. The van der Waals surface area contributed by atoms with Gasteiger partial charge in [0.05, 0.1) is 11.6 Å². The van der Waals surface area contributed by atoms with E-state index in [1.165, 1.54) is 11.3 Å². The summed E-state index contributed by atoms with van der Waals surface area (Å²) < 4.78 is 1.67. The van der Waals surface area contributed by atoms with Gasteiger partial charge in [0, 0.05) is 25.0 Å². The molecule has 2 atom stereocenters. The first kappa shape index (κ1) is 18.1. The Hall–Kier alpha value is -2.29. The molecular formula is C18H24N6O2S. The summed E-state index contributed by atoms with van der Waals surface area (Å²) in [5.41, 5.74) is 2.18. The Kier molecular flexibility index (Phi) is 4.94. The summed E-state index contributed by atoms with van der Waals surface area (Å²) in [6.07, 6.45) is 3.15. The third-order valence-electron chi connectivity index (χ3n) is 5.54. The molecule has 0 N–H and O–H groups in total. The molecule has 8 nitrogen and oxygen atoms in total. The van der Waals surface area contributed by atoms with Gasteiger partial charge in [0.15, 0.2) is 0 Å². The lowest BCUT2D eigenvalue weighted by Gasteiger charge is -2.30. The number of carbonyl (C=O) groups is 2. The van der Waals surface area contributed by atoms with Crippen molar-refractivity contribution in [3.05, 3.63) is 28.2 Å². The van der Waals surface area contributed by atoms with E-state index in [2.05, 4.69) is 15.1 Å². The van der Waals surface area contributed by atoms with E-state index in [1.807, 2.05) is 23.6 Å². The van der Waals surface area contributed by atoms with Crippen LogP contribution in [0.25, 0.3) is 0 Å². The molecule has 0 unspecified atom stereocenters. The van der Waals surface area contributed by atoms with Crippen molar-refractivity contribution in [2.45, 2.75) is 45.7 Å². The highest BCUT2D eigenvalue weighted by Gasteiger charge is 2.41. The molecule has 144 valence electrons. The zero-order valence-electron chi connectivity index (χ0n) is 15.7. The van der Waals surface area contributed by atoms with Gasteiger partial charge in [-0.2, -0.15) is 5.10 Å². The van der Waals surface area contributed by atoms with Crippen LogP contribution in [0.3, 0.4) is 0 Å². The van der Waals surface area contributed by atoms with E-state index in [-0.39, 0.29) is 24.4 Å². The van der Waals surface area contributed by atoms with E-state index in [0.717, 1.165) is 31.6 Å². The summed E-state index contributed by atoms with van der Waals surface area (Å²) in [6, 6.07) is 0.0764. The number of nitrogens with zero attached hydrogens (tertiary/aromatic N) is 6. The van der Waals surface area contributed by atoms with Crippen molar-refractivity contribution >= 4 is 23.2 Å². The fourth-order valence-electron chi connectivity index (χ4n) is 4.23. The second-order valence-electron chi connectivity index (χ2n) is 7.36. The van der Waals surface area contributed by atoms with Crippen LogP contribution in [0.2, 0.25) is 0 Å². The number of fused-ring (bicyclic) bond motifs is 1. The first-order valence-electron chi connectivity index (χ1n) is 9.38. The SMILES string of the molecule is Cc1nc(C)n(CC(=O)N2CCCC[C@H]3CN(C(=O)c4cscn4)C[C@H]32)n1. The van der Waals surface area contributed by atoms with Gasteiger partial charge in [-0.25, -0.2) is 14.6 Å². The van der Waals surface area contributed by atoms with Gasteiger partial charge in [0.1, 0.15) is 23.9 Å². The van der Waals surface area contributed by atoms with Gasteiger partial charge in [-0.1, -0.05) is 6.42 Å². The first-order valence-corrected chi connectivity index (χ1v) is 10.3. The molecule has 2 aliphatic heterocycles. The minimum absolute atomic E-state index is 0.0283. The molecule has 0 saturated carbocycles. The molecule has 2 amide bonds. The van der Waals surface area contributed by atoms with Crippen LogP contribution < -0.4 is 0 Å². The molecule has 4 rings (SSSR count). The molecule has 0 spiro atoms. The van der Waals surface area contributed by atoms with Crippen LogP contribution in [-0.2, 0) is 11.3 Å². The highest BCUT2D eigenvalue weighted by atomic mass is 32.1. The zero-order valence-corrected chi connectivity index (χ0v) is 16.5. The minimum Gasteiger partial charge on any atom is -0.336 e. The summed E-state index contributed by atoms with van der Waals surface area (Å²) in [4.78, 5) is 38.0. The summed E-state index contributed by atoms with van der Waals surface area (Å²) >= 11 is 1.43. The molecule has 2 aliphatic rings. The Morgan fingerprint density at radius 1 is 1.26 bits per heavy atom. The third-order valence-corrected chi connectivity index (χ3v) is 6.12. The number of amides is 2. The second kappa shape index (κ2) is 7.38. The maximum absolute atomic E-state index is 13.1. The smallest absolute Gasteiger partial charge is 0.273 e. The molecule has 2 aromatic rings. The van der Waals surface area contributed by atoms with Crippen LogP contribution in [0.1, 0.15) is 41.4 Å². The van der Waals surface area contributed by atoms with E-state index >= 15 is 0 Å². The topological polar surface area (TPSA) is 84.2 Å². The molecule has 2 aromatic heterocycles. The van der Waals surface area contributed by atoms with Crippen LogP contribution in [0, 0.1) is 19.8 Å². The van der Waals surface area contributed by atoms with Gasteiger partial charge in [-0.3, -0.25) is 9.59 Å². The van der Waals surface area contributed by atoms with Crippen molar-refractivity contribution in [3.8, 4) is 0 Å². The van der Waals surface area contributed by atoms with E-state index in [0.29, 0.717) is 30.5 Å². The van der Waals surface area contributed by atoms with E-state index in [4.69, 9.17) is 0 Å². The molecule has 27 heavy (non-hydrogen) atoms. The average Bonchev–Trinajstić information content (AvgIpc) is 3.34. The standard InChI is InChI=1S/C18H24N6O2S/c1-12-20-13(2)24(21-12)9-17(25)23-6-4-3-5-14-7-22(8-16(14)23)18(26)15-10-27-11-19-15/h10-11,14,16H,3-9H2,1-2H3/t14-,16+/m0/s1. The van der Waals surface area contributed by atoms with E-state index < -0.39 is 0 Å². The molecule has 2 fully saturated rings. The van der Waals surface area contributed by atoms with Crippen LogP contribution in [0.4, 0.5) is 0 Å². The van der Waals surface area contributed by atoms with Gasteiger partial charge in [-0.15, -0.1) is 11.3 Å². The summed E-state index contributed by atoms with van der Waals surface area (Å²) in [7, 11) is 0. The van der Waals surface area contributed by atoms with Crippen molar-refractivity contribution in [2.24, 2.45) is 5.92 Å². The van der Waals surface area contributed by atoms with Gasteiger partial charge in [0.2, 0.25) is 5.91 Å². The van der Waals surface area contributed by atoms with Crippen LogP contribution in [0.5, 0.6) is 0 Å². The Labute approximate surface area is 162 Å². The van der Waals surface area contributed by atoms with Crippen LogP contribution in [-0.4, -0.2) is 67.0 Å². The number of carbonyl (C=O) groups excluding carboxylic acids is 2. The monoisotopic (exact) mass is 388 g/mol. The normalized spacial score (nSPS) is 22.6. The fraction of sp³-hybridized carbons (Fsp3) is 0.611. The van der Waals surface area contributed by atoms with Crippen molar-refractivity contribution in [3.63, 3.8) is 0 Å². The second-order valence-corrected chi connectivity index (χ2v) is 8.08. The number of likely N-dealkylation sites (tertiary alicyclic amines) is 2. The quantitative estimate of drug-likeness (QED) is 0.796. The number of aromatic nitrogens is 4. The highest BCUT2D eigenvalue weighted by Crippen LogP contribution is 2.31. The van der Waals surface area contributed by atoms with E-state index in [9.17, 15) is 9.59 Å². The Balaban J connectivity index is 1.50. The number of rotatable bonds is 3. The molecule has 0 radical (unpaired) electrons. The molecule has 2 saturated heterocycles. The van der Waals surface area contributed by atoms with Crippen LogP contribution in [0.15, 0.2) is 10.9 Å². The fourth-order valence-corrected chi connectivity index (χ4v) is 4.76. The summed E-state index contributed by atoms with van der Waals surface area (Å²) in [6.45, 7) is 5.92. The molecule has 0 aliphatic carbocycles. The maximum Gasteiger partial charge on any atom is 0.273 e. The van der Waals surface area contributed by atoms with Gasteiger partial charge >= 0.3 is 0 Å². The number of aryl methyl sites for hydroxylation is 2. The Bertz CT molecular complexity index is 833. The number of thiazole rings is 1. The van der Waals surface area contributed by atoms with E-state index in [1.54, 1.807) is 15.6 Å². The third kappa shape index (κ3) is 3.60. The molecule has 0 aromatic carbocycles. The molecule has 9 heteroatoms. The Morgan fingerprint density at radius 2 is 2.11 bits per heavy atom. The predicted octanol–water partition coefficient (Wildman–Crippen LogP) is 1.50. The highest BCUT2D eigenvalue weighted by molar-refractivity contribution is 7.07. The lowest BCUT2D eigenvalue weighted by Crippen LogP contribution is -2.46. The lowest BCUT2D eigenvalue weighted by molar-refractivity contribution is -0.134. The molecule has 0 bridgehead atoms. The van der Waals surface area contributed by atoms with Gasteiger partial charge in [0.25, 0.3) is 5.91 Å². The summed E-state index contributed by atoms with van der Waals surface area (Å²) in [5, 5.41) is 6.10. The Morgan fingerprint density at radius 3 is 2.81 bits per heavy atom. The summed E-state index contributed by atoms with van der Waals surface area (Å²) in [5.74, 6) is 1.79. The predicted molar refractivity (Wildman–Crippen MR) is 100 cm³/mol. The number of hydrogen-bond donors (Lipinski definition) is 0. The van der Waals surface area contributed by atoms with Crippen molar-refractivity contribution < 1.29 is 9.59 Å². The molecule has 4 heterocycles. The van der Waals surface area contributed by atoms with Gasteiger partial charge in [-0.05, 0) is 32.6 Å². The first-order chi connectivity index (χ1) is 13.0. The average molecular weight is 388 g/mol. The lowest BCUT2D eigenvalue weighted by atomic mass is 9.98. The maximum atomic E-state index is 13.1. The minimum atomic E-state index is -0.0283. The largest absolute Gasteiger partial charge is 0.336 e.